The Morgan fingerprint density at radius 3 is 2.54 bits per heavy atom. The first kappa shape index (κ1) is 20.4. The summed E-state index contributed by atoms with van der Waals surface area (Å²) in [5.41, 5.74) is -0.489. The van der Waals surface area contributed by atoms with Crippen molar-refractivity contribution in [3.05, 3.63) is 12.2 Å². The number of aliphatic hydroxyl groups excluding tert-OH is 1. The van der Waals surface area contributed by atoms with Crippen LogP contribution in [0.1, 0.15) is 78.6 Å². The molecule has 4 aliphatic rings. The Morgan fingerprint density at radius 2 is 1.82 bits per heavy atom. The number of carbonyl (C=O) groups excluding carboxylic acids is 1. The van der Waals surface area contributed by atoms with Crippen LogP contribution in [-0.4, -0.2) is 34.5 Å². The molecule has 0 aromatic heterocycles. The molecule has 4 saturated carbocycles. The van der Waals surface area contributed by atoms with E-state index in [1.54, 1.807) is 6.08 Å². The third kappa shape index (κ3) is 2.98. The highest BCUT2D eigenvalue weighted by Gasteiger charge is 2.63. The Hall–Kier alpha value is -0.870. The van der Waals surface area contributed by atoms with E-state index in [9.17, 15) is 15.0 Å². The Balaban J connectivity index is 1.54. The second-order valence-corrected chi connectivity index (χ2v) is 10.7. The zero-order chi connectivity index (χ0) is 20.2. The summed E-state index contributed by atoms with van der Waals surface area (Å²) in [5.74, 6) is 2.51. The lowest BCUT2D eigenvalue weighted by atomic mass is 9.44. The van der Waals surface area contributed by atoms with Crippen LogP contribution in [0.4, 0.5) is 0 Å². The third-order valence-electron chi connectivity index (χ3n) is 9.66. The minimum atomic E-state index is -0.768. The SMILES string of the molecule is CC(=O)O[C@H]1CC[C@@]2(C)[C@@H](CC[C@@H]3[C@@H]2CC[C@@]2(C)[C@H]3CC[C@@]2(O)C=CCO)C1. The lowest BCUT2D eigenvalue weighted by Crippen LogP contribution is -2.56. The van der Waals surface area contributed by atoms with Gasteiger partial charge in [0.1, 0.15) is 6.10 Å². The number of hydrogen-bond donors (Lipinski definition) is 2. The summed E-state index contributed by atoms with van der Waals surface area (Å²) in [7, 11) is 0. The van der Waals surface area contributed by atoms with Gasteiger partial charge in [0.2, 0.25) is 0 Å². The van der Waals surface area contributed by atoms with E-state index in [1.807, 2.05) is 6.08 Å². The van der Waals surface area contributed by atoms with E-state index < -0.39 is 5.60 Å². The van der Waals surface area contributed by atoms with Gasteiger partial charge in [0.25, 0.3) is 0 Å². The maximum atomic E-state index is 11.4. The molecule has 0 aromatic rings. The molecule has 4 aliphatic carbocycles. The van der Waals surface area contributed by atoms with Crippen molar-refractivity contribution in [3.8, 4) is 0 Å². The standard InChI is InChI=1S/C24H38O4/c1-16(26)28-18-7-11-22(2)17(15-18)5-6-19-20(22)8-12-23(3)21(19)9-13-24(23,27)10-4-14-25/h4,10,17-21,25,27H,5-9,11-15H2,1-3H3/t17-,18-,19+,20-,21-,22-,23-,24-/m0/s1. The monoisotopic (exact) mass is 390 g/mol. The van der Waals surface area contributed by atoms with Crippen LogP contribution in [0.3, 0.4) is 0 Å². The van der Waals surface area contributed by atoms with Crippen LogP contribution in [0.25, 0.3) is 0 Å². The lowest BCUT2D eigenvalue weighted by Gasteiger charge is -2.61. The Bertz CT molecular complexity index is 645. The molecule has 0 radical (unpaired) electrons. The molecule has 4 fully saturated rings. The average molecular weight is 391 g/mol. The fourth-order valence-electron chi connectivity index (χ4n) is 8.13. The van der Waals surface area contributed by atoms with Crippen molar-refractivity contribution in [3.63, 3.8) is 0 Å². The molecular formula is C24H38O4. The predicted molar refractivity (Wildman–Crippen MR) is 108 cm³/mol. The van der Waals surface area contributed by atoms with Gasteiger partial charge >= 0.3 is 5.97 Å². The van der Waals surface area contributed by atoms with E-state index >= 15 is 0 Å². The highest BCUT2D eigenvalue weighted by atomic mass is 16.5. The molecule has 0 heterocycles. The highest BCUT2D eigenvalue weighted by molar-refractivity contribution is 5.66. The number of hydrogen-bond acceptors (Lipinski definition) is 4. The van der Waals surface area contributed by atoms with Gasteiger partial charge < -0.3 is 14.9 Å². The molecule has 28 heavy (non-hydrogen) atoms. The molecule has 0 aliphatic heterocycles. The average Bonchev–Trinajstić information content (AvgIpc) is 2.91. The molecule has 0 aromatic carbocycles. The van der Waals surface area contributed by atoms with Crippen LogP contribution >= 0.6 is 0 Å². The summed E-state index contributed by atoms with van der Waals surface area (Å²) in [6.45, 7) is 6.33. The molecule has 2 N–H and O–H groups in total. The second kappa shape index (κ2) is 7.12. The quantitative estimate of drug-likeness (QED) is 0.559. The Labute approximate surface area is 169 Å². The van der Waals surface area contributed by atoms with Crippen molar-refractivity contribution in [2.45, 2.75) is 90.3 Å². The van der Waals surface area contributed by atoms with E-state index in [0.717, 1.165) is 44.4 Å². The molecule has 0 unspecified atom stereocenters. The van der Waals surface area contributed by atoms with Gasteiger partial charge in [0, 0.05) is 12.3 Å². The number of aliphatic hydroxyl groups is 2. The smallest absolute Gasteiger partial charge is 0.302 e. The predicted octanol–water partition coefficient (Wildman–Crippen LogP) is 4.24. The maximum Gasteiger partial charge on any atom is 0.302 e. The fourth-order valence-corrected chi connectivity index (χ4v) is 8.13. The minimum Gasteiger partial charge on any atom is -0.463 e. The Kier molecular flexibility index (Phi) is 5.19. The van der Waals surface area contributed by atoms with Gasteiger partial charge in [0.15, 0.2) is 0 Å². The van der Waals surface area contributed by atoms with Gasteiger partial charge in [-0.15, -0.1) is 0 Å². The van der Waals surface area contributed by atoms with Crippen LogP contribution in [0.5, 0.6) is 0 Å². The molecule has 4 nitrogen and oxygen atoms in total. The summed E-state index contributed by atoms with van der Waals surface area (Å²) in [6.07, 6.45) is 13.6. The number of ether oxygens (including phenoxy) is 1. The molecule has 0 saturated heterocycles. The third-order valence-corrected chi connectivity index (χ3v) is 9.66. The van der Waals surface area contributed by atoms with Crippen molar-refractivity contribution >= 4 is 5.97 Å². The van der Waals surface area contributed by atoms with Crippen LogP contribution in [0.15, 0.2) is 12.2 Å². The number of fused-ring (bicyclic) bond motifs is 5. The van der Waals surface area contributed by atoms with Crippen LogP contribution in [0, 0.1) is 34.5 Å². The summed E-state index contributed by atoms with van der Waals surface area (Å²) < 4.78 is 5.57. The second-order valence-electron chi connectivity index (χ2n) is 10.7. The van der Waals surface area contributed by atoms with Crippen molar-refractivity contribution in [2.75, 3.05) is 6.61 Å². The maximum absolute atomic E-state index is 11.4. The van der Waals surface area contributed by atoms with Gasteiger partial charge in [-0.25, -0.2) is 0 Å². The van der Waals surface area contributed by atoms with Gasteiger partial charge in [-0.2, -0.15) is 0 Å². The van der Waals surface area contributed by atoms with Crippen molar-refractivity contribution in [1.29, 1.82) is 0 Å². The van der Waals surface area contributed by atoms with Crippen LogP contribution in [0.2, 0.25) is 0 Å². The number of esters is 1. The van der Waals surface area contributed by atoms with Gasteiger partial charge in [-0.1, -0.05) is 26.0 Å². The largest absolute Gasteiger partial charge is 0.463 e. The first-order valence-electron chi connectivity index (χ1n) is 11.4. The van der Waals surface area contributed by atoms with E-state index in [-0.39, 0.29) is 24.1 Å². The summed E-state index contributed by atoms with van der Waals surface area (Å²) in [5, 5.41) is 20.7. The molecule has 8 atom stereocenters. The Morgan fingerprint density at radius 1 is 1.07 bits per heavy atom. The summed E-state index contributed by atoms with van der Waals surface area (Å²) in [4.78, 5) is 11.4. The molecule has 0 bridgehead atoms. The fraction of sp³-hybridized carbons (Fsp3) is 0.875. The molecule has 158 valence electrons. The van der Waals surface area contributed by atoms with E-state index in [0.29, 0.717) is 23.2 Å². The lowest BCUT2D eigenvalue weighted by molar-refractivity contribution is -0.164. The van der Waals surface area contributed by atoms with Crippen molar-refractivity contribution < 1.29 is 19.7 Å². The highest BCUT2D eigenvalue weighted by Crippen LogP contribution is 2.68. The van der Waals surface area contributed by atoms with E-state index in [4.69, 9.17) is 4.74 Å². The zero-order valence-corrected chi connectivity index (χ0v) is 17.8. The van der Waals surface area contributed by atoms with Crippen molar-refractivity contribution in [1.82, 2.24) is 0 Å². The van der Waals surface area contributed by atoms with Crippen LogP contribution in [-0.2, 0) is 9.53 Å². The van der Waals surface area contributed by atoms with Crippen LogP contribution < -0.4 is 0 Å². The summed E-state index contributed by atoms with van der Waals surface area (Å²) >= 11 is 0. The first-order valence-corrected chi connectivity index (χ1v) is 11.4. The van der Waals surface area contributed by atoms with Gasteiger partial charge in [0.05, 0.1) is 12.2 Å². The summed E-state index contributed by atoms with van der Waals surface area (Å²) in [6, 6.07) is 0. The number of carbonyl (C=O) groups is 1. The molecule has 4 heteroatoms. The molecule has 0 spiro atoms. The minimum absolute atomic E-state index is 0.00163. The molecule has 4 rings (SSSR count). The van der Waals surface area contributed by atoms with E-state index in [1.165, 1.54) is 26.2 Å². The van der Waals surface area contributed by atoms with Gasteiger partial charge in [-0.05, 0) is 86.9 Å². The number of rotatable bonds is 3. The molecule has 0 amide bonds. The van der Waals surface area contributed by atoms with Gasteiger partial charge in [-0.3, -0.25) is 4.79 Å². The van der Waals surface area contributed by atoms with E-state index in [2.05, 4.69) is 13.8 Å². The van der Waals surface area contributed by atoms with Crippen molar-refractivity contribution in [2.24, 2.45) is 34.5 Å². The normalized spacial score (nSPS) is 50.7. The topological polar surface area (TPSA) is 66.8 Å². The zero-order valence-electron chi connectivity index (χ0n) is 17.8. The molecular weight excluding hydrogens is 352 g/mol. The first-order chi connectivity index (χ1) is 13.2.